The molecule has 0 radical (unpaired) electrons. The molecule has 1 N–H and O–H groups in total. The van der Waals surface area contributed by atoms with E-state index in [2.05, 4.69) is 5.32 Å². The molecule has 1 heterocycles. The molecule has 0 bridgehead atoms. The monoisotopic (exact) mass is 305 g/mol. The maximum Gasteiger partial charge on any atom is 0.521 e. The minimum atomic E-state index is -0.521. The van der Waals surface area contributed by atoms with E-state index in [9.17, 15) is 9.59 Å². The van der Waals surface area contributed by atoms with Crippen molar-refractivity contribution in [3.8, 4) is 0 Å². The van der Waals surface area contributed by atoms with Gasteiger partial charge in [-0.1, -0.05) is 0 Å². The fourth-order valence-electron chi connectivity index (χ4n) is 2.65. The predicted molar refractivity (Wildman–Crippen MR) is 87.1 cm³/mol. The number of carbonyl (C=O) groups excluding carboxylic acids is 2. The second-order valence-electron chi connectivity index (χ2n) is 6.75. The van der Waals surface area contributed by atoms with Crippen LogP contribution in [0.25, 0.3) is 0 Å². The molecule has 1 fully saturated rings. The van der Waals surface area contributed by atoms with Gasteiger partial charge in [0.15, 0.2) is 5.78 Å². The first kappa shape index (κ1) is 16.6. The number of hydrogen-bond acceptors (Lipinski definition) is 4. The van der Waals surface area contributed by atoms with E-state index >= 15 is 0 Å². The van der Waals surface area contributed by atoms with E-state index in [-0.39, 0.29) is 16.4 Å². The SMILES string of the molecule is CC(=O)c1ccc([N+]2(C(=O)OC(C)(C)C)CCNCC2)cc1. The number of hydrogen-bond donors (Lipinski definition) is 1. The van der Waals surface area contributed by atoms with Crippen LogP contribution >= 0.6 is 0 Å². The van der Waals surface area contributed by atoms with Gasteiger partial charge < -0.3 is 10.1 Å². The number of benzene rings is 1. The van der Waals surface area contributed by atoms with Crippen molar-refractivity contribution >= 4 is 17.6 Å². The predicted octanol–water partition coefficient (Wildman–Crippen LogP) is 2.73. The summed E-state index contributed by atoms with van der Waals surface area (Å²) in [4.78, 5) is 24.2. The highest BCUT2D eigenvalue weighted by atomic mass is 16.6. The van der Waals surface area contributed by atoms with Crippen molar-refractivity contribution in [1.82, 2.24) is 9.80 Å². The van der Waals surface area contributed by atoms with Crippen LogP contribution in [-0.4, -0.2) is 43.7 Å². The molecule has 1 amide bonds. The van der Waals surface area contributed by atoms with Gasteiger partial charge in [0.05, 0.1) is 0 Å². The molecular formula is C17H25N2O3+. The summed E-state index contributed by atoms with van der Waals surface area (Å²) in [7, 11) is 0. The summed E-state index contributed by atoms with van der Waals surface area (Å²) in [6.07, 6.45) is -0.232. The molecule has 0 saturated carbocycles. The standard InChI is InChI=1S/C17H25N2O3/c1-13(20)14-5-7-15(8-6-14)19(11-9-18-10-12-19)16(21)22-17(2,3)4/h5-8,18H,9-12H2,1-4H3/q+1. The Hall–Kier alpha value is -1.72. The van der Waals surface area contributed by atoms with Gasteiger partial charge in [-0.25, -0.2) is 0 Å². The Bertz CT molecular complexity index is 552. The van der Waals surface area contributed by atoms with Gasteiger partial charge in [-0.2, -0.15) is 9.28 Å². The van der Waals surface area contributed by atoms with Crippen molar-refractivity contribution in [3.05, 3.63) is 29.8 Å². The molecule has 1 aliphatic rings. The Morgan fingerprint density at radius 1 is 1.09 bits per heavy atom. The quantitative estimate of drug-likeness (QED) is 0.674. The average molecular weight is 305 g/mol. The van der Waals surface area contributed by atoms with Gasteiger partial charge in [0.25, 0.3) is 0 Å². The zero-order valence-corrected chi connectivity index (χ0v) is 13.8. The molecule has 120 valence electrons. The first-order valence-corrected chi connectivity index (χ1v) is 7.67. The van der Waals surface area contributed by atoms with Crippen LogP contribution in [0.1, 0.15) is 38.1 Å². The van der Waals surface area contributed by atoms with E-state index in [4.69, 9.17) is 4.74 Å². The van der Waals surface area contributed by atoms with Crippen LogP contribution in [0.5, 0.6) is 0 Å². The number of nitrogens with one attached hydrogen (secondary N) is 1. The Kier molecular flexibility index (Phi) is 4.68. The van der Waals surface area contributed by atoms with Crippen LogP contribution in [0.2, 0.25) is 0 Å². The van der Waals surface area contributed by atoms with E-state index < -0.39 is 5.60 Å². The van der Waals surface area contributed by atoms with E-state index in [1.807, 2.05) is 32.9 Å². The van der Waals surface area contributed by atoms with Crippen molar-refractivity contribution < 1.29 is 14.3 Å². The summed E-state index contributed by atoms with van der Waals surface area (Å²) in [6.45, 7) is 9.98. The maximum atomic E-state index is 12.8. The molecule has 1 aromatic carbocycles. The summed E-state index contributed by atoms with van der Waals surface area (Å²) in [6, 6.07) is 7.30. The molecule has 1 aromatic rings. The van der Waals surface area contributed by atoms with Gasteiger partial charge in [0, 0.05) is 30.8 Å². The van der Waals surface area contributed by atoms with E-state index in [1.54, 1.807) is 12.1 Å². The third kappa shape index (κ3) is 3.54. The largest absolute Gasteiger partial charge is 0.521 e. The number of rotatable bonds is 2. The molecule has 0 atom stereocenters. The van der Waals surface area contributed by atoms with Gasteiger partial charge >= 0.3 is 6.09 Å². The summed E-state index contributed by atoms with van der Waals surface area (Å²) in [5.41, 5.74) is 1.01. The lowest BCUT2D eigenvalue weighted by Crippen LogP contribution is -2.64. The van der Waals surface area contributed by atoms with Crippen LogP contribution in [0.3, 0.4) is 0 Å². The molecule has 0 spiro atoms. The number of piperazine rings is 1. The Labute approximate surface area is 131 Å². The highest BCUT2D eigenvalue weighted by molar-refractivity contribution is 5.94. The number of nitrogens with zero attached hydrogens (tertiary/aromatic N) is 1. The fourth-order valence-corrected chi connectivity index (χ4v) is 2.65. The highest BCUT2D eigenvalue weighted by Crippen LogP contribution is 2.28. The Balaban J connectivity index is 2.36. The molecule has 2 rings (SSSR count). The minimum absolute atomic E-state index is 0.0238. The normalized spacial score (nSPS) is 17.8. The minimum Gasteiger partial charge on any atom is -0.414 e. The lowest BCUT2D eigenvalue weighted by molar-refractivity contribution is 0.0241. The Morgan fingerprint density at radius 3 is 2.09 bits per heavy atom. The molecule has 0 unspecified atom stereocenters. The van der Waals surface area contributed by atoms with Gasteiger partial charge in [-0.3, -0.25) is 4.79 Å². The second kappa shape index (κ2) is 6.18. The zero-order valence-electron chi connectivity index (χ0n) is 13.8. The molecule has 5 nitrogen and oxygen atoms in total. The first-order chi connectivity index (χ1) is 10.2. The molecule has 5 heteroatoms. The van der Waals surface area contributed by atoms with E-state index in [0.29, 0.717) is 18.7 Å². The van der Waals surface area contributed by atoms with Crippen molar-refractivity contribution in [2.24, 2.45) is 0 Å². The van der Waals surface area contributed by atoms with Gasteiger partial charge in [0.2, 0.25) is 0 Å². The van der Waals surface area contributed by atoms with Crippen LogP contribution < -0.4 is 9.80 Å². The molecule has 0 aliphatic carbocycles. The maximum absolute atomic E-state index is 12.8. The van der Waals surface area contributed by atoms with Crippen LogP contribution in [0.15, 0.2) is 24.3 Å². The molecule has 22 heavy (non-hydrogen) atoms. The second-order valence-corrected chi connectivity index (χ2v) is 6.75. The molecule has 0 aromatic heterocycles. The first-order valence-electron chi connectivity index (χ1n) is 7.67. The Morgan fingerprint density at radius 2 is 1.64 bits per heavy atom. The number of amides is 1. The van der Waals surface area contributed by atoms with Crippen LogP contribution in [0, 0.1) is 0 Å². The highest BCUT2D eigenvalue weighted by Gasteiger charge is 2.44. The number of ketones is 1. The third-order valence-corrected chi connectivity index (χ3v) is 3.85. The van der Waals surface area contributed by atoms with Crippen LogP contribution in [-0.2, 0) is 4.74 Å². The van der Waals surface area contributed by atoms with Crippen molar-refractivity contribution in [1.29, 1.82) is 0 Å². The van der Waals surface area contributed by atoms with E-state index in [1.165, 1.54) is 6.92 Å². The van der Waals surface area contributed by atoms with Crippen LogP contribution in [0.4, 0.5) is 10.5 Å². The summed E-state index contributed by atoms with van der Waals surface area (Å²) >= 11 is 0. The zero-order chi connectivity index (χ0) is 16.4. The smallest absolute Gasteiger partial charge is 0.414 e. The van der Waals surface area contributed by atoms with Crippen molar-refractivity contribution in [2.75, 3.05) is 26.2 Å². The van der Waals surface area contributed by atoms with Gasteiger partial charge in [-0.05, 0) is 39.8 Å². The molecule has 1 aliphatic heterocycles. The number of ether oxygens (including phenoxy) is 1. The summed E-state index contributed by atoms with van der Waals surface area (Å²) in [5, 5.41) is 3.28. The third-order valence-electron chi connectivity index (χ3n) is 3.85. The molecule has 1 saturated heterocycles. The topological polar surface area (TPSA) is 55.4 Å². The summed E-state index contributed by atoms with van der Waals surface area (Å²) < 4.78 is 5.82. The lowest BCUT2D eigenvalue weighted by Gasteiger charge is -2.38. The number of carbonyl (C=O) groups is 2. The fraction of sp³-hybridized carbons (Fsp3) is 0.529. The molecular weight excluding hydrogens is 280 g/mol. The van der Waals surface area contributed by atoms with Gasteiger partial charge in [0.1, 0.15) is 24.4 Å². The van der Waals surface area contributed by atoms with Gasteiger partial charge in [-0.15, -0.1) is 0 Å². The summed E-state index contributed by atoms with van der Waals surface area (Å²) in [5.74, 6) is 0.0238. The number of quaternary nitrogens is 1. The lowest BCUT2D eigenvalue weighted by atomic mass is 10.1. The average Bonchev–Trinajstić information content (AvgIpc) is 2.46. The van der Waals surface area contributed by atoms with E-state index in [0.717, 1.165) is 18.8 Å². The number of Topliss-reactive ketones (excluding diaryl/α,β-unsaturated/α-hetero) is 1. The van der Waals surface area contributed by atoms with Crippen molar-refractivity contribution in [3.63, 3.8) is 0 Å². The van der Waals surface area contributed by atoms with Crippen molar-refractivity contribution in [2.45, 2.75) is 33.3 Å².